The Bertz CT molecular complexity index is 1110. The van der Waals surface area contributed by atoms with Gasteiger partial charge >= 0.3 is 0 Å². The summed E-state index contributed by atoms with van der Waals surface area (Å²) >= 11 is 0. The molecule has 0 radical (unpaired) electrons. The molecular formula is C32H45N2O3+. The minimum absolute atomic E-state index is 0.0961. The van der Waals surface area contributed by atoms with Crippen molar-refractivity contribution in [1.29, 1.82) is 0 Å². The fraction of sp³-hybridized carbons (Fsp3) is 0.531. The predicted octanol–water partition coefficient (Wildman–Crippen LogP) is 6.68. The summed E-state index contributed by atoms with van der Waals surface area (Å²) in [5.74, 6) is 1.34. The molecule has 1 aliphatic carbocycles. The van der Waals surface area contributed by atoms with Crippen molar-refractivity contribution in [2.24, 2.45) is 5.92 Å². The van der Waals surface area contributed by atoms with Gasteiger partial charge in [-0.05, 0) is 37.8 Å². The first kappa shape index (κ1) is 27.6. The van der Waals surface area contributed by atoms with Gasteiger partial charge in [-0.15, -0.1) is 0 Å². The normalized spacial score (nSPS) is 17.2. The lowest BCUT2D eigenvalue weighted by Crippen LogP contribution is -2.41. The average Bonchev–Trinajstić information content (AvgIpc) is 3.30. The van der Waals surface area contributed by atoms with E-state index in [9.17, 15) is 5.11 Å². The first-order chi connectivity index (χ1) is 17.8. The predicted molar refractivity (Wildman–Crippen MR) is 148 cm³/mol. The van der Waals surface area contributed by atoms with Crippen molar-refractivity contribution in [2.45, 2.75) is 77.5 Å². The quantitative estimate of drug-likeness (QED) is 0.247. The third-order valence-corrected chi connectivity index (χ3v) is 7.85. The summed E-state index contributed by atoms with van der Waals surface area (Å²) in [4.78, 5) is 4.69. The lowest BCUT2D eigenvalue weighted by Gasteiger charge is -2.35. The molecule has 1 aromatic heterocycles. The van der Waals surface area contributed by atoms with E-state index in [1.165, 1.54) is 30.4 Å². The van der Waals surface area contributed by atoms with E-state index in [2.05, 4.69) is 64.3 Å². The van der Waals surface area contributed by atoms with E-state index in [1.807, 2.05) is 18.3 Å². The number of benzene rings is 2. The second kappa shape index (κ2) is 12.4. The Morgan fingerprint density at radius 2 is 1.68 bits per heavy atom. The summed E-state index contributed by atoms with van der Waals surface area (Å²) < 4.78 is 13.1. The molecule has 0 saturated heterocycles. The van der Waals surface area contributed by atoms with Crippen LogP contribution in [0, 0.1) is 19.8 Å². The number of aliphatic hydroxyl groups is 1. The Balaban J connectivity index is 1.45. The number of hydrogen-bond acceptors (Lipinski definition) is 4. The van der Waals surface area contributed by atoms with Crippen LogP contribution in [0.25, 0.3) is 0 Å². The van der Waals surface area contributed by atoms with Gasteiger partial charge in [0.05, 0.1) is 33.5 Å². The van der Waals surface area contributed by atoms with Gasteiger partial charge in [0.1, 0.15) is 13.1 Å². The number of hydrogen-bond donors (Lipinski definition) is 1. The highest BCUT2D eigenvalue weighted by Crippen LogP contribution is 2.43. The molecule has 5 heteroatoms. The Morgan fingerprint density at radius 1 is 0.973 bits per heavy atom. The Morgan fingerprint density at radius 3 is 2.38 bits per heavy atom. The minimum atomic E-state index is -1.21. The summed E-state index contributed by atoms with van der Waals surface area (Å²) in [5, 5.41) is 12.3. The maximum atomic E-state index is 12.3. The van der Waals surface area contributed by atoms with Crippen LogP contribution < -0.4 is 0 Å². The summed E-state index contributed by atoms with van der Waals surface area (Å²) in [6, 6.07) is 16.7. The van der Waals surface area contributed by atoms with Crippen molar-refractivity contribution < 1.29 is 18.7 Å². The highest BCUT2D eigenvalue weighted by atomic mass is 16.5. The number of rotatable bonds is 10. The zero-order valence-electron chi connectivity index (χ0n) is 23.2. The van der Waals surface area contributed by atoms with Crippen molar-refractivity contribution in [3.05, 3.63) is 88.6 Å². The molecule has 0 bridgehead atoms. The van der Waals surface area contributed by atoms with Gasteiger partial charge in [-0.2, -0.15) is 0 Å². The molecule has 0 amide bonds. The van der Waals surface area contributed by atoms with Crippen molar-refractivity contribution in [2.75, 3.05) is 27.2 Å². The van der Waals surface area contributed by atoms with Crippen LogP contribution in [-0.4, -0.2) is 41.8 Å². The van der Waals surface area contributed by atoms with E-state index in [1.54, 1.807) is 0 Å². The lowest BCUT2D eigenvalue weighted by atomic mass is 9.74. The SMILES string of the molecule is Cc1ccc(COCC[N+](C)(C)Cc2cnc(C(O)(c3cccc(C)c3)C3CCCCCCC3)o2)cc1. The zero-order chi connectivity index (χ0) is 26.3. The number of quaternary nitrogens is 1. The van der Waals surface area contributed by atoms with Gasteiger partial charge in [0.15, 0.2) is 11.4 Å². The maximum absolute atomic E-state index is 12.3. The second-order valence-corrected chi connectivity index (χ2v) is 11.7. The highest BCUT2D eigenvalue weighted by Gasteiger charge is 2.44. The number of oxazole rings is 1. The van der Waals surface area contributed by atoms with E-state index in [4.69, 9.17) is 14.1 Å². The monoisotopic (exact) mass is 505 g/mol. The molecule has 1 fully saturated rings. The third-order valence-electron chi connectivity index (χ3n) is 7.85. The number of nitrogens with zero attached hydrogens (tertiary/aromatic N) is 2. The fourth-order valence-corrected chi connectivity index (χ4v) is 5.53. The number of aromatic nitrogens is 1. The Kier molecular flexibility index (Phi) is 9.22. The molecule has 1 N–H and O–H groups in total. The van der Waals surface area contributed by atoms with Crippen LogP contribution in [0.5, 0.6) is 0 Å². The molecule has 0 spiro atoms. The second-order valence-electron chi connectivity index (χ2n) is 11.7. The standard InChI is InChI=1S/C32H45N2O3/c1-25-15-17-27(18-16-25)24-36-20-19-34(3,4)23-30-22-33-31(37-30)32(35,29-14-10-11-26(2)21-29)28-12-8-6-5-7-9-13-28/h10-11,14-18,21-22,28,35H,5-9,12-13,19-20,23-24H2,1-4H3/q+1. The molecule has 1 aliphatic rings. The highest BCUT2D eigenvalue weighted by molar-refractivity contribution is 5.33. The van der Waals surface area contributed by atoms with Gasteiger partial charge in [-0.25, -0.2) is 4.98 Å². The molecule has 5 nitrogen and oxygen atoms in total. The first-order valence-electron chi connectivity index (χ1n) is 14.0. The van der Waals surface area contributed by atoms with Gasteiger partial charge in [-0.1, -0.05) is 91.8 Å². The minimum Gasteiger partial charge on any atom is -0.436 e. The number of ether oxygens (including phenoxy) is 1. The van der Waals surface area contributed by atoms with Crippen LogP contribution in [-0.2, 0) is 23.5 Å². The van der Waals surface area contributed by atoms with E-state index in [0.717, 1.165) is 53.6 Å². The van der Waals surface area contributed by atoms with Crippen molar-refractivity contribution in [3.8, 4) is 0 Å². The fourth-order valence-electron chi connectivity index (χ4n) is 5.53. The summed E-state index contributed by atoms with van der Waals surface area (Å²) in [6.45, 7) is 7.00. The van der Waals surface area contributed by atoms with Crippen LogP contribution in [0.4, 0.5) is 0 Å². The Hall–Kier alpha value is -2.47. The maximum Gasteiger partial charge on any atom is 0.231 e. The molecule has 2 aromatic carbocycles. The van der Waals surface area contributed by atoms with E-state index in [0.29, 0.717) is 25.6 Å². The Labute approximate surface area is 223 Å². The van der Waals surface area contributed by atoms with E-state index < -0.39 is 5.60 Å². The van der Waals surface area contributed by atoms with Crippen LogP contribution >= 0.6 is 0 Å². The summed E-state index contributed by atoms with van der Waals surface area (Å²) in [6.07, 6.45) is 9.82. The molecule has 3 aromatic rings. The zero-order valence-corrected chi connectivity index (χ0v) is 23.2. The van der Waals surface area contributed by atoms with Crippen molar-refractivity contribution in [3.63, 3.8) is 0 Å². The molecule has 200 valence electrons. The van der Waals surface area contributed by atoms with Gasteiger partial charge < -0.3 is 18.7 Å². The van der Waals surface area contributed by atoms with Crippen LogP contribution in [0.3, 0.4) is 0 Å². The van der Waals surface area contributed by atoms with Gasteiger partial charge in [0, 0.05) is 5.92 Å². The van der Waals surface area contributed by atoms with E-state index in [-0.39, 0.29) is 5.92 Å². The lowest BCUT2D eigenvalue weighted by molar-refractivity contribution is -0.905. The van der Waals surface area contributed by atoms with Gasteiger partial charge in [0.2, 0.25) is 5.89 Å². The molecule has 1 atom stereocenters. The first-order valence-corrected chi connectivity index (χ1v) is 14.0. The third kappa shape index (κ3) is 7.31. The molecule has 1 unspecified atom stereocenters. The number of likely N-dealkylation sites (N-methyl/N-ethyl adjacent to an activating group) is 1. The number of aryl methyl sites for hydroxylation is 2. The van der Waals surface area contributed by atoms with Crippen LogP contribution in [0.2, 0.25) is 0 Å². The van der Waals surface area contributed by atoms with E-state index >= 15 is 0 Å². The molecule has 1 saturated carbocycles. The smallest absolute Gasteiger partial charge is 0.231 e. The van der Waals surface area contributed by atoms with Gasteiger partial charge in [0.25, 0.3) is 0 Å². The summed E-state index contributed by atoms with van der Waals surface area (Å²) in [5.41, 5.74) is 3.27. The molecule has 0 aliphatic heterocycles. The van der Waals surface area contributed by atoms with Gasteiger partial charge in [-0.3, -0.25) is 0 Å². The van der Waals surface area contributed by atoms with Crippen molar-refractivity contribution >= 4 is 0 Å². The molecular weight excluding hydrogens is 460 g/mol. The van der Waals surface area contributed by atoms with Crippen molar-refractivity contribution in [1.82, 2.24) is 4.98 Å². The largest absolute Gasteiger partial charge is 0.436 e. The summed E-state index contributed by atoms with van der Waals surface area (Å²) in [7, 11) is 4.36. The molecule has 1 heterocycles. The molecule has 37 heavy (non-hydrogen) atoms. The van der Waals surface area contributed by atoms with Crippen LogP contribution in [0.15, 0.2) is 59.1 Å². The topological polar surface area (TPSA) is 55.5 Å². The average molecular weight is 506 g/mol. The molecule has 4 rings (SSSR count). The van der Waals surface area contributed by atoms with Crippen LogP contribution in [0.1, 0.15) is 78.9 Å².